The van der Waals surface area contributed by atoms with Crippen molar-refractivity contribution in [3.63, 3.8) is 0 Å². The molecule has 0 radical (unpaired) electrons. The van der Waals surface area contributed by atoms with Crippen LogP contribution in [0.5, 0.6) is 0 Å². The quantitative estimate of drug-likeness (QED) is 0.838. The Balaban J connectivity index is 1.56. The number of amides is 2. The van der Waals surface area contributed by atoms with E-state index in [2.05, 4.69) is 0 Å². The number of hydrogen-bond donors (Lipinski definition) is 0. The Morgan fingerprint density at radius 2 is 2.08 bits per heavy atom. The number of carbonyl (C=O) groups excluding carboxylic acids is 2. The van der Waals surface area contributed by atoms with Gasteiger partial charge in [0, 0.05) is 32.6 Å². The first-order chi connectivity index (χ1) is 11.6. The molecule has 0 saturated carbocycles. The molecule has 2 heterocycles. The van der Waals surface area contributed by atoms with Gasteiger partial charge in [-0.2, -0.15) is 0 Å². The Labute approximate surface area is 141 Å². The molecule has 2 aliphatic rings. The topological polar surface area (TPSA) is 49.9 Å². The number of piperidine rings is 1. The molecule has 130 valence electrons. The summed E-state index contributed by atoms with van der Waals surface area (Å²) in [7, 11) is 0. The van der Waals surface area contributed by atoms with E-state index in [4.69, 9.17) is 4.74 Å². The second-order valence-electron chi connectivity index (χ2n) is 6.39. The van der Waals surface area contributed by atoms with Gasteiger partial charge in [0.25, 0.3) is 0 Å². The predicted molar refractivity (Wildman–Crippen MR) is 86.8 cm³/mol. The zero-order valence-electron chi connectivity index (χ0n) is 13.7. The van der Waals surface area contributed by atoms with Crippen molar-refractivity contribution in [3.8, 4) is 0 Å². The fourth-order valence-corrected chi connectivity index (χ4v) is 3.33. The average molecular weight is 334 g/mol. The van der Waals surface area contributed by atoms with E-state index in [0.717, 1.165) is 5.56 Å². The van der Waals surface area contributed by atoms with Crippen LogP contribution in [0.1, 0.15) is 18.4 Å². The summed E-state index contributed by atoms with van der Waals surface area (Å²) in [6.07, 6.45) is 1.62. The van der Waals surface area contributed by atoms with Crippen LogP contribution in [0.2, 0.25) is 0 Å². The molecule has 2 amide bonds. The van der Waals surface area contributed by atoms with Crippen LogP contribution < -0.4 is 0 Å². The van der Waals surface area contributed by atoms with E-state index in [0.29, 0.717) is 58.7 Å². The molecule has 24 heavy (non-hydrogen) atoms. The van der Waals surface area contributed by atoms with Gasteiger partial charge in [0.2, 0.25) is 11.8 Å². The molecule has 2 aliphatic heterocycles. The first kappa shape index (κ1) is 16.9. The van der Waals surface area contributed by atoms with E-state index in [1.54, 1.807) is 11.0 Å². The summed E-state index contributed by atoms with van der Waals surface area (Å²) >= 11 is 0. The summed E-state index contributed by atoms with van der Waals surface area (Å²) in [6.45, 7) is 3.42. The van der Waals surface area contributed by atoms with Gasteiger partial charge in [-0.15, -0.1) is 0 Å². The zero-order valence-corrected chi connectivity index (χ0v) is 13.7. The standard InChI is InChI=1S/C18H23FN2O3/c19-16-3-1-2-14(12-16)6-7-21-13-15(4-5-17(21)22)18(23)20-8-10-24-11-9-20/h1-3,12,15H,4-11,13H2. The summed E-state index contributed by atoms with van der Waals surface area (Å²) in [4.78, 5) is 28.3. The van der Waals surface area contributed by atoms with Gasteiger partial charge in [-0.1, -0.05) is 12.1 Å². The first-order valence-electron chi connectivity index (χ1n) is 8.52. The minimum Gasteiger partial charge on any atom is -0.378 e. The van der Waals surface area contributed by atoms with E-state index in [1.165, 1.54) is 12.1 Å². The second-order valence-corrected chi connectivity index (χ2v) is 6.39. The average Bonchev–Trinajstić information content (AvgIpc) is 2.61. The van der Waals surface area contributed by atoms with Gasteiger partial charge in [0.15, 0.2) is 0 Å². The van der Waals surface area contributed by atoms with Crippen molar-refractivity contribution in [3.05, 3.63) is 35.6 Å². The molecule has 1 aromatic rings. The van der Waals surface area contributed by atoms with Crippen molar-refractivity contribution in [1.82, 2.24) is 9.80 Å². The van der Waals surface area contributed by atoms with Crippen molar-refractivity contribution in [1.29, 1.82) is 0 Å². The highest BCUT2D eigenvalue weighted by molar-refractivity contribution is 5.84. The molecule has 1 aromatic carbocycles. The van der Waals surface area contributed by atoms with Crippen molar-refractivity contribution >= 4 is 11.8 Å². The van der Waals surface area contributed by atoms with E-state index in [-0.39, 0.29) is 23.5 Å². The van der Waals surface area contributed by atoms with Crippen LogP contribution >= 0.6 is 0 Å². The molecule has 0 spiro atoms. The number of rotatable bonds is 4. The number of nitrogens with zero attached hydrogens (tertiary/aromatic N) is 2. The summed E-state index contributed by atoms with van der Waals surface area (Å²) in [5.41, 5.74) is 0.865. The van der Waals surface area contributed by atoms with E-state index >= 15 is 0 Å². The highest BCUT2D eigenvalue weighted by atomic mass is 19.1. The molecule has 0 bridgehead atoms. The van der Waals surface area contributed by atoms with E-state index < -0.39 is 0 Å². The highest BCUT2D eigenvalue weighted by Crippen LogP contribution is 2.21. The highest BCUT2D eigenvalue weighted by Gasteiger charge is 2.33. The molecule has 2 fully saturated rings. The van der Waals surface area contributed by atoms with Crippen molar-refractivity contribution in [2.24, 2.45) is 5.92 Å². The molecular weight excluding hydrogens is 311 g/mol. The Kier molecular flexibility index (Phi) is 5.45. The monoisotopic (exact) mass is 334 g/mol. The number of morpholine rings is 1. The zero-order chi connectivity index (χ0) is 16.9. The molecule has 0 aliphatic carbocycles. The third kappa shape index (κ3) is 4.12. The maximum Gasteiger partial charge on any atom is 0.227 e. The minimum absolute atomic E-state index is 0.0810. The number of carbonyl (C=O) groups is 2. The third-order valence-electron chi connectivity index (χ3n) is 4.73. The summed E-state index contributed by atoms with van der Waals surface area (Å²) < 4.78 is 18.5. The molecule has 6 heteroatoms. The number of benzene rings is 1. The lowest BCUT2D eigenvalue weighted by molar-refractivity contribution is -0.145. The number of likely N-dealkylation sites (tertiary alicyclic amines) is 1. The summed E-state index contributed by atoms with van der Waals surface area (Å²) in [5.74, 6) is -0.190. The normalized spacial score (nSPS) is 21.9. The van der Waals surface area contributed by atoms with Crippen LogP contribution in [0.25, 0.3) is 0 Å². The fourth-order valence-electron chi connectivity index (χ4n) is 3.33. The van der Waals surface area contributed by atoms with Gasteiger partial charge in [-0.3, -0.25) is 9.59 Å². The fraction of sp³-hybridized carbons (Fsp3) is 0.556. The van der Waals surface area contributed by atoms with E-state index in [9.17, 15) is 14.0 Å². The van der Waals surface area contributed by atoms with Gasteiger partial charge >= 0.3 is 0 Å². The SMILES string of the molecule is O=C1CCC(C(=O)N2CCOCC2)CN1CCc1cccc(F)c1. The Bertz CT molecular complexity index is 602. The van der Waals surface area contributed by atoms with Gasteiger partial charge in [0.05, 0.1) is 19.1 Å². The van der Waals surface area contributed by atoms with Gasteiger partial charge in [0.1, 0.15) is 5.82 Å². The lowest BCUT2D eigenvalue weighted by Crippen LogP contribution is -2.50. The van der Waals surface area contributed by atoms with Crippen LogP contribution in [-0.2, 0) is 20.7 Å². The van der Waals surface area contributed by atoms with Crippen LogP contribution in [0.4, 0.5) is 4.39 Å². The predicted octanol–water partition coefficient (Wildman–Crippen LogP) is 1.47. The maximum absolute atomic E-state index is 13.2. The summed E-state index contributed by atoms with van der Waals surface area (Å²) in [6, 6.07) is 6.43. The number of halogens is 1. The van der Waals surface area contributed by atoms with Gasteiger partial charge < -0.3 is 14.5 Å². The Morgan fingerprint density at radius 1 is 1.29 bits per heavy atom. The third-order valence-corrected chi connectivity index (χ3v) is 4.73. The smallest absolute Gasteiger partial charge is 0.227 e. The van der Waals surface area contributed by atoms with Crippen molar-refractivity contribution in [2.45, 2.75) is 19.3 Å². The Morgan fingerprint density at radius 3 is 2.83 bits per heavy atom. The Hall–Kier alpha value is -1.95. The van der Waals surface area contributed by atoms with Crippen molar-refractivity contribution < 1.29 is 18.7 Å². The molecule has 3 rings (SSSR count). The number of hydrogen-bond acceptors (Lipinski definition) is 3. The first-order valence-corrected chi connectivity index (χ1v) is 8.52. The lowest BCUT2D eigenvalue weighted by atomic mass is 9.95. The van der Waals surface area contributed by atoms with E-state index in [1.807, 2.05) is 11.0 Å². The maximum atomic E-state index is 13.2. The molecule has 0 aromatic heterocycles. The molecule has 0 N–H and O–H groups in total. The largest absolute Gasteiger partial charge is 0.378 e. The minimum atomic E-state index is -0.266. The van der Waals surface area contributed by atoms with Crippen LogP contribution in [0, 0.1) is 11.7 Å². The molecule has 5 nitrogen and oxygen atoms in total. The summed E-state index contributed by atoms with van der Waals surface area (Å²) in [5, 5.41) is 0. The van der Waals surface area contributed by atoms with Crippen LogP contribution in [0.15, 0.2) is 24.3 Å². The lowest BCUT2D eigenvalue weighted by Gasteiger charge is -2.36. The molecular formula is C18H23FN2O3. The van der Waals surface area contributed by atoms with Gasteiger partial charge in [-0.05, 0) is 30.5 Å². The van der Waals surface area contributed by atoms with Gasteiger partial charge in [-0.25, -0.2) is 4.39 Å². The number of ether oxygens (including phenoxy) is 1. The molecule has 1 atom stereocenters. The van der Waals surface area contributed by atoms with Crippen LogP contribution in [0.3, 0.4) is 0 Å². The van der Waals surface area contributed by atoms with Crippen LogP contribution in [-0.4, -0.2) is 61.0 Å². The molecule has 2 saturated heterocycles. The van der Waals surface area contributed by atoms with Crippen molar-refractivity contribution in [2.75, 3.05) is 39.4 Å². The molecule has 1 unspecified atom stereocenters. The second kappa shape index (κ2) is 7.75.